The molecule has 2 N–H and O–H groups in total. The molecule has 0 spiro atoms. The van der Waals surface area contributed by atoms with Gasteiger partial charge in [-0.05, 0) is 19.9 Å². The van der Waals surface area contributed by atoms with Crippen LogP contribution in [0.5, 0.6) is 0 Å². The van der Waals surface area contributed by atoms with Gasteiger partial charge >= 0.3 is 0 Å². The van der Waals surface area contributed by atoms with E-state index in [1.165, 1.54) is 0 Å². The number of Topliss-reactive ketones (excluding diaryl/α,β-unsaturated/α-hetero) is 1. The van der Waals surface area contributed by atoms with E-state index in [0.717, 1.165) is 24.9 Å². The quantitative estimate of drug-likeness (QED) is 0.726. The lowest BCUT2D eigenvalue weighted by Crippen LogP contribution is -2.38. The zero-order valence-corrected chi connectivity index (χ0v) is 11.7. The summed E-state index contributed by atoms with van der Waals surface area (Å²) in [4.78, 5) is 24.9. The first-order valence-electron chi connectivity index (χ1n) is 6.63. The van der Waals surface area contributed by atoms with E-state index in [4.69, 9.17) is 5.73 Å². The number of amides is 1. The third kappa shape index (κ3) is 5.66. The fourth-order valence-electron chi connectivity index (χ4n) is 1.85. The number of benzene rings is 1. The first-order valence-corrected chi connectivity index (χ1v) is 6.63. The highest BCUT2D eigenvalue weighted by molar-refractivity contribution is 5.97. The first kappa shape index (κ1) is 15.4. The number of primary amides is 1. The molecule has 1 amide bonds. The number of rotatable bonds is 8. The Morgan fingerprint density at radius 2 is 1.79 bits per heavy atom. The Kier molecular flexibility index (Phi) is 6.22. The Hall–Kier alpha value is -1.68. The predicted octanol–water partition coefficient (Wildman–Crippen LogP) is 1.77. The molecule has 0 aromatic heterocycles. The molecule has 104 valence electrons. The van der Waals surface area contributed by atoms with Gasteiger partial charge in [0.05, 0.1) is 13.1 Å². The van der Waals surface area contributed by atoms with Crippen molar-refractivity contribution in [2.75, 3.05) is 19.6 Å². The molecule has 0 aliphatic heterocycles. The zero-order valence-electron chi connectivity index (χ0n) is 11.7. The lowest BCUT2D eigenvalue weighted by molar-refractivity contribution is -0.119. The van der Waals surface area contributed by atoms with Gasteiger partial charge in [-0.3, -0.25) is 14.5 Å². The van der Waals surface area contributed by atoms with Crippen LogP contribution < -0.4 is 5.73 Å². The molecule has 4 nitrogen and oxygen atoms in total. The average Bonchev–Trinajstić information content (AvgIpc) is 2.36. The molecule has 19 heavy (non-hydrogen) atoms. The van der Waals surface area contributed by atoms with Crippen molar-refractivity contribution in [2.24, 2.45) is 5.73 Å². The summed E-state index contributed by atoms with van der Waals surface area (Å²) in [5.74, 6) is -0.370. The minimum atomic E-state index is -0.396. The van der Waals surface area contributed by atoms with Crippen molar-refractivity contribution in [3.05, 3.63) is 35.4 Å². The standard InChI is InChI=1S/C15H22N2O2/c1-3-4-9-17(11-15(16)19)10-14(18)13-7-5-12(2)6-8-13/h5-8H,3-4,9-11H2,1-2H3,(H2,16,19). The molecule has 1 aromatic carbocycles. The lowest BCUT2D eigenvalue weighted by Gasteiger charge is -2.19. The monoisotopic (exact) mass is 262 g/mol. The van der Waals surface area contributed by atoms with Gasteiger partial charge in [0.1, 0.15) is 0 Å². The van der Waals surface area contributed by atoms with E-state index in [-0.39, 0.29) is 18.9 Å². The van der Waals surface area contributed by atoms with E-state index in [2.05, 4.69) is 6.92 Å². The minimum absolute atomic E-state index is 0.0253. The van der Waals surface area contributed by atoms with Crippen molar-refractivity contribution in [1.82, 2.24) is 4.90 Å². The Labute approximate surface area is 114 Å². The van der Waals surface area contributed by atoms with Crippen LogP contribution in [0.15, 0.2) is 24.3 Å². The highest BCUT2D eigenvalue weighted by Gasteiger charge is 2.13. The third-order valence-electron chi connectivity index (χ3n) is 2.95. The molecule has 1 aromatic rings. The second-order valence-corrected chi connectivity index (χ2v) is 4.82. The summed E-state index contributed by atoms with van der Waals surface area (Å²) >= 11 is 0. The van der Waals surface area contributed by atoms with E-state index >= 15 is 0 Å². The summed E-state index contributed by atoms with van der Waals surface area (Å²) in [6.45, 7) is 5.15. The number of carbonyl (C=O) groups excluding carboxylic acids is 2. The van der Waals surface area contributed by atoms with Gasteiger partial charge in [-0.15, -0.1) is 0 Å². The average molecular weight is 262 g/mol. The van der Waals surface area contributed by atoms with Gasteiger partial charge in [-0.2, -0.15) is 0 Å². The molecule has 0 unspecified atom stereocenters. The van der Waals surface area contributed by atoms with Crippen LogP contribution in [0.25, 0.3) is 0 Å². The van der Waals surface area contributed by atoms with Crippen LogP contribution in [-0.2, 0) is 4.79 Å². The number of aryl methyl sites for hydroxylation is 1. The lowest BCUT2D eigenvalue weighted by atomic mass is 10.1. The Morgan fingerprint density at radius 1 is 1.16 bits per heavy atom. The van der Waals surface area contributed by atoms with Crippen molar-refractivity contribution in [2.45, 2.75) is 26.7 Å². The number of unbranched alkanes of at least 4 members (excludes halogenated alkanes) is 1. The maximum absolute atomic E-state index is 12.1. The molecule has 0 aliphatic rings. The predicted molar refractivity (Wildman–Crippen MR) is 76.1 cm³/mol. The highest BCUT2D eigenvalue weighted by Crippen LogP contribution is 2.06. The zero-order chi connectivity index (χ0) is 14.3. The normalized spacial score (nSPS) is 10.7. The van der Waals surface area contributed by atoms with Gasteiger partial charge in [0, 0.05) is 5.56 Å². The highest BCUT2D eigenvalue weighted by atomic mass is 16.1. The number of ketones is 1. The maximum Gasteiger partial charge on any atom is 0.231 e. The summed E-state index contributed by atoms with van der Waals surface area (Å²) in [6, 6.07) is 7.47. The topological polar surface area (TPSA) is 63.4 Å². The number of nitrogens with two attached hydrogens (primary N) is 1. The number of carbonyl (C=O) groups is 2. The van der Waals surface area contributed by atoms with Gasteiger partial charge < -0.3 is 5.73 Å². The van der Waals surface area contributed by atoms with Crippen LogP contribution >= 0.6 is 0 Å². The first-order chi connectivity index (χ1) is 9.02. The van der Waals surface area contributed by atoms with E-state index in [9.17, 15) is 9.59 Å². The summed E-state index contributed by atoms with van der Waals surface area (Å²) in [6.07, 6.45) is 1.97. The van der Waals surface area contributed by atoms with E-state index in [0.29, 0.717) is 5.56 Å². The van der Waals surface area contributed by atoms with Crippen LogP contribution in [-0.4, -0.2) is 36.2 Å². The van der Waals surface area contributed by atoms with Crippen molar-refractivity contribution >= 4 is 11.7 Å². The van der Waals surface area contributed by atoms with Crippen molar-refractivity contribution < 1.29 is 9.59 Å². The fraction of sp³-hybridized carbons (Fsp3) is 0.467. The van der Waals surface area contributed by atoms with E-state index < -0.39 is 5.91 Å². The number of hydrogen-bond donors (Lipinski definition) is 1. The van der Waals surface area contributed by atoms with Gasteiger partial charge in [0.25, 0.3) is 0 Å². The second kappa shape index (κ2) is 7.69. The molecule has 4 heteroatoms. The van der Waals surface area contributed by atoms with Crippen LogP contribution in [0.2, 0.25) is 0 Å². The molecular formula is C15H22N2O2. The van der Waals surface area contributed by atoms with E-state index in [1.54, 1.807) is 0 Å². The van der Waals surface area contributed by atoms with Gasteiger partial charge in [0.15, 0.2) is 5.78 Å². The molecule has 0 aliphatic carbocycles. The van der Waals surface area contributed by atoms with Crippen molar-refractivity contribution in [3.63, 3.8) is 0 Å². The van der Waals surface area contributed by atoms with Gasteiger partial charge in [-0.25, -0.2) is 0 Å². The van der Waals surface area contributed by atoms with Gasteiger partial charge in [-0.1, -0.05) is 43.2 Å². The second-order valence-electron chi connectivity index (χ2n) is 4.82. The molecular weight excluding hydrogens is 240 g/mol. The van der Waals surface area contributed by atoms with Crippen molar-refractivity contribution in [1.29, 1.82) is 0 Å². The molecule has 0 saturated heterocycles. The minimum Gasteiger partial charge on any atom is -0.369 e. The largest absolute Gasteiger partial charge is 0.369 e. The summed E-state index contributed by atoms with van der Waals surface area (Å²) in [5, 5.41) is 0. The number of hydrogen-bond acceptors (Lipinski definition) is 3. The van der Waals surface area contributed by atoms with Crippen molar-refractivity contribution in [3.8, 4) is 0 Å². The molecule has 0 fully saturated rings. The van der Waals surface area contributed by atoms with Crippen LogP contribution in [0, 0.1) is 6.92 Å². The maximum atomic E-state index is 12.1. The summed E-state index contributed by atoms with van der Waals surface area (Å²) in [5.41, 5.74) is 7.01. The van der Waals surface area contributed by atoms with Gasteiger partial charge in [0.2, 0.25) is 5.91 Å². The third-order valence-corrected chi connectivity index (χ3v) is 2.95. The summed E-state index contributed by atoms with van der Waals surface area (Å²) in [7, 11) is 0. The summed E-state index contributed by atoms with van der Waals surface area (Å²) < 4.78 is 0. The molecule has 0 saturated carbocycles. The molecule has 0 radical (unpaired) electrons. The Morgan fingerprint density at radius 3 is 2.32 bits per heavy atom. The molecule has 0 atom stereocenters. The van der Waals surface area contributed by atoms with E-state index in [1.807, 2.05) is 36.1 Å². The molecule has 0 heterocycles. The SMILES string of the molecule is CCCCN(CC(N)=O)CC(=O)c1ccc(C)cc1. The molecule has 1 rings (SSSR count). The number of nitrogens with zero attached hydrogens (tertiary/aromatic N) is 1. The Balaban J connectivity index is 2.63. The van der Waals surface area contributed by atoms with Crippen LogP contribution in [0.1, 0.15) is 35.7 Å². The Bertz CT molecular complexity index is 426. The fourth-order valence-corrected chi connectivity index (χ4v) is 1.85. The van der Waals surface area contributed by atoms with Crippen LogP contribution in [0.3, 0.4) is 0 Å². The smallest absolute Gasteiger partial charge is 0.231 e. The molecule has 0 bridgehead atoms. The van der Waals surface area contributed by atoms with Crippen LogP contribution in [0.4, 0.5) is 0 Å².